The zero-order valence-electron chi connectivity index (χ0n) is 11.6. The largest absolute Gasteiger partial charge is 0.469 e. The minimum Gasteiger partial charge on any atom is -0.469 e. The highest BCUT2D eigenvalue weighted by molar-refractivity contribution is 5.85. The SMILES string of the molecule is COC(=O)[C@@H]1[C@H](C(=O)OC)[C@H]2C=C[C@@H]1CN2C(=O)OC. The quantitative estimate of drug-likeness (QED) is 0.409. The first-order chi connectivity index (χ1) is 9.54. The van der Waals surface area contributed by atoms with Crippen LogP contribution in [0.2, 0.25) is 0 Å². The molecule has 3 aliphatic rings. The summed E-state index contributed by atoms with van der Waals surface area (Å²) in [4.78, 5) is 37.1. The lowest BCUT2D eigenvalue weighted by Crippen LogP contribution is -2.61. The molecule has 1 amide bonds. The monoisotopic (exact) mass is 283 g/mol. The van der Waals surface area contributed by atoms with Crippen LogP contribution in [0.25, 0.3) is 0 Å². The Hall–Kier alpha value is -2.05. The number of hydrogen-bond acceptors (Lipinski definition) is 6. The lowest BCUT2D eigenvalue weighted by atomic mass is 9.69. The van der Waals surface area contributed by atoms with Gasteiger partial charge in [-0.1, -0.05) is 12.2 Å². The maximum atomic E-state index is 12.0. The number of methoxy groups -OCH3 is 3. The van der Waals surface area contributed by atoms with E-state index in [0.29, 0.717) is 6.54 Å². The summed E-state index contributed by atoms with van der Waals surface area (Å²) >= 11 is 0. The number of amides is 1. The molecule has 7 nitrogen and oxygen atoms in total. The fraction of sp³-hybridized carbons (Fsp3) is 0.615. The molecule has 2 heterocycles. The topological polar surface area (TPSA) is 82.1 Å². The van der Waals surface area contributed by atoms with E-state index in [1.807, 2.05) is 6.08 Å². The minimum absolute atomic E-state index is 0.282. The number of esters is 2. The van der Waals surface area contributed by atoms with Crippen LogP contribution in [0, 0.1) is 17.8 Å². The molecular formula is C13H17NO6. The van der Waals surface area contributed by atoms with Gasteiger partial charge < -0.3 is 19.1 Å². The van der Waals surface area contributed by atoms with E-state index in [2.05, 4.69) is 0 Å². The van der Waals surface area contributed by atoms with Gasteiger partial charge in [-0.25, -0.2) is 4.79 Å². The lowest BCUT2D eigenvalue weighted by Gasteiger charge is -2.47. The Morgan fingerprint density at radius 3 is 2.10 bits per heavy atom. The molecule has 0 saturated carbocycles. The second kappa shape index (κ2) is 5.52. The Bertz CT molecular complexity index is 460. The van der Waals surface area contributed by atoms with E-state index in [4.69, 9.17) is 14.2 Å². The van der Waals surface area contributed by atoms with Gasteiger partial charge >= 0.3 is 18.0 Å². The number of piperidine rings is 1. The third kappa shape index (κ3) is 2.13. The molecule has 0 aromatic carbocycles. The van der Waals surface area contributed by atoms with E-state index >= 15 is 0 Å². The molecule has 20 heavy (non-hydrogen) atoms. The van der Waals surface area contributed by atoms with E-state index < -0.39 is 35.9 Å². The first-order valence-corrected chi connectivity index (χ1v) is 6.23. The van der Waals surface area contributed by atoms with Crippen molar-refractivity contribution in [2.75, 3.05) is 27.9 Å². The number of carbonyl (C=O) groups excluding carboxylic acids is 3. The Morgan fingerprint density at radius 1 is 0.950 bits per heavy atom. The maximum Gasteiger partial charge on any atom is 0.410 e. The molecule has 7 heteroatoms. The van der Waals surface area contributed by atoms with Gasteiger partial charge in [0.2, 0.25) is 0 Å². The van der Waals surface area contributed by atoms with Crippen LogP contribution in [-0.2, 0) is 23.8 Å². The van der Waals surface area contributed by atoms with Crippen molar-refractivity contribution in [3.05, 3.63) is 12.2 Å². The fourth-order valence-electron chi connectivity index (χ4n) is 2.99. The van der Waals surface area contributed by atoms with Gasteiger partial charge in [0.15, 0.2) is 0 Å². The fourth-order valence-corrected chi connectivity index (χ4v) is 2.99. The van der Waals surface area contributed by atoms with Crippen molar-refractivity contribution < 1.29 is 28.6 Å². The molecule has 0 aromatic rings. The Kier molecular flexibility index (Phi) is 3.96. The molecule has 0 spiro atoms. The van der Waals surface area contributed by atoms with Crippen molar-refractivity contribution in [1.29, 1.82) is 0 Å². The molecule has 1 aliphatic carbocycles. The Morgan fingerprint density at radius 2 is 1.55 bits per heavy atom. The van der Waals surface area contributed by atoms with Gasteiger partial charge in [-0.05, 0) is 0 Å². The smallest absolute Gasteiger partial charge is 0.410 e. The predicted octanol–water partition coefficient (Wildman–Crippen LogP) is 0.201. The van der Waals surface area contributed by atoms with Gasteiger partial charge in [0, 0.05) is 12.5 Å². The van der Waals surface area contributed by atoms with Crippen molar-refractivity contribution in [3.63, 3.8) is 0 Å². The van der Waals surface area contributed by atoms with E-state index in [1.54, 1.807) is 6.08 Å². The molecule has 0 N–H and O–H groups in total. The second-order valence-electron chi connectivity index (χ2n) is 4.76. The first kappa shape index (κ1) is 14.4. The van der Waals surface area contributed by atoms with Gasteiger partial charge in [0.05, 0.1) is 39.2 Å². The van der Waals surface area contributed by atoms with Crippen LogP contribution in [0.5, 0.6) is 0 Å². The Labute approximate surface area is 116 Å². The van der Waals surface area contributed by atoms with E-state index in [1.165, 1.54) is 26.2 Å². The molecule has 3 rings (SSSR count). The average molecular weight is 283 g/mol. The molecule has 1 saturated heterocycles. The number of fused-ring (bicyclic) bond motifs is 2. The summed E-state index contributed by atoms with van der Waals surface area (Å²) in [5.41, 5.74) is 0. The van der Waals surface area contributed by atoms with Gasteiger partial charge in [-0.15, -0.1) is 0 Å². The number of carbonyl (C=O) groups is 3. The molecular weight excluding hydrogens is 266 g/mol. The van der Waals surface area contributed by atoms with E-state index in [9.17, 15) is 14.4 Å². The standard InChI is InChI=1S/C13H17NO6/c1-18-11(15)9-7-4-5-8(10(9)12(16)19-2)14(6-7)13(17)20-3/h4-5,7-10H,6H2,1-3H3/t7-,8-,9+,10-/m1/s1. The molecule has 1 fully saturated rings. The second-order valence-corrected chi connectivity index (χ2v) is 4.76. The summed E-state index contributed by atoms with van der Waals surface area (Å²) < 4.78 is 14.3. The van der Waals surface area contributed by atoms with E-state index in [0.717, 1.165) is 0 Å². The summed E-state index contributed by atoms with van der Waals surface area (Å²) in [6.45, 7) is 0.321. The Balaban J connectivity index is 2.36. The van der Waals surface area contributed by atoms with Gasteiger partial charge in [0.25, 0.3) is 0 Å². The molecule has 2 aliphatic heterocycles. The number of ether oxygens (including phenoxy) is 3. The van der Waals surface area contributed by atoms with Crippen molar-refractivity contribution in [1.82, 2.24) is 4.90 Å². The minimum atomic E-state index is -0.768. The first-order valence-electron chi connectivity index (χ1n) is 6.23. The third-order valence-corrected chi connectivity index (χ3v) is 3.89. The van der Waals surface area contributed by atoms with Gasteiger partial charge in [-0.2, -0.15) is 0 Å². The molecule has 110 valence electrons. The van der Waals surface area contributed by atoms with Crippen LogP contribution in [0.1, 0.15) is 0 Å². The zero-order chi connectivity index (χ0) is 14.9. The molecule has 4 atom stereocenters. The normalized spacial score (nSPS) is 30.9. The third-order valence-electron chi connectivity index (χ3n) is 3.89. The summed E-state index contributed by atoms with van der Waals surface area (Å²) in [7, 11) is 3.81. The van der Waals surface area contributed by atoms with Crippen molar-refractivity contribution in [3.8, 4) is 0 Å². The summed E-state index contributed by atoms with van der Waals surface area (Å²) in [6, 6.07) is -0.552. The van der Waals surface area contributed by atoms with Crippen LogP contribution >= 0.6 is 0 Å². The highest BCUT2D eigenvalue weighted by Crippen LogP contribution is 2.40. The summed E-state index contributed by atoms with van der Waals surface area (Å²) in [5.74, 6) is -2.69. The van der Waals surface area contributed by atoms with Gasteiger partial charge in [0.1, 0.15) is 0 Å². The number of hydrogen-bond donors (Lipinski definition) is 0. The maximum absolute atomic E-state index is 12.0. The predicted molar refractivity (Wildman–Crippen MR) is 66.5 cm³/mol. The zero-order valence-corrected chi connectivity index (χ0v) is 11.6. The molecule has 0 radical (unpaired) electrons. The summed E-state index contributed by atoms with van der Waals surface area (Å²) in [5, 5.41) is 0. The van der Waals surface area contributed by atoms with Crippen LogP contribution in [0.15, 0.2) is 12.2 Å². The van der Waals surface area contributed by atoms with Crippen molar-refractivity contribution in [2.24, 2.45) is 17.8 Å². The molecule has 0 unspecified atom stereocenters. The summed E-state index contributed by atoms with van der Waals surface area (Å²) in [6.07, 6.45) is 3.05. The van der Waals surface area contributed by atoms with Crippen LogP contribution in [0.3, 0.4) is 0 Å². The lowest BCUT2D eigenvalue weighted by molar-refractivity contribution is -0.165. The highest BCUT2D eigenvalue weighted by Gasteiger charge is 2.54. The molecule has 2 bridgehead atoms. The molecule has 0 aromatic heterocycles. The highest BCUT2D eigenvalue weighted by atomic mass is 16.5. The number of rotatable bonds is 2. The average Bonchev–Trinajstić information content (AvgIpc) is 2.51. The van der Waals surface area contributed by atoms with Crippen molar-refractivity contribution in [2.45, 2.75) is 6.04 Å². The van der Waals surface area contributed by atoms with Crippen LogP contribution < -0.4 is 0 Å². The number of nitrogens with zero attached hydrogens (tertiary/aromatic N) is 1. The van der Waals surface area contributed by atoms with E-state index in [-0.39, 0.29) is 5.92 Å². The van der Waals surface area contributed by atoms with Gasteiger partial charge in [-0.3, -0.25) is 9.59 Å². The van der Waals surface area contributed by atoms with Crippen LogP contribution in [-0.4, -0.2) is 56.8 Å². The van der Waals surface area contributed by atoms with Crippen molar-refractivity contribution >= 4 is 18.0 Å². The van der Waals surface area contributed by atoms with Crippen LogP contribution in [0.4, 0.5) is 4.79 Å².